The number of nitrogens with zero attached hydrogens (tertiary/aromatic N) is 1. The fourth-order valence-electron chi connectivity index (χ4n) is 3.23. The summed E-state index contributed by atoms with van der Waals surface area (Å²) in [4.78, 5) is 2.59. The summed E-state index contributed by atoms with van der Waals surface area (Å²) in [5.74, 6) is 0. The van der Waals surface area contributed by atoms with E-state index in [0.717, 1.165) is 13.1 Å². The van der Waals surface area contributed by atoms with Gasteiger partial charge in [-0.1, -0.05) is 99.0 Å². The third-order valence-corrected chi connectivity index (χ3v) is 4.73. The highest BCUT2D eigenvalue weighted by Gasteiger charge is 2.07. The molecule has 140 valence electrons. The van der Waals surface area contributed by atoms with Crippen LogP contribution in [0.3, 0.4) is 0 Å². The van der Waals surface area contributed by atoms with Crippen LogP contribution in [-0.2, 0) is 13.1 Å². The van der Waals surface area contributed by atoms with E-state index in [0.29, 0.717) is 0 Å². The Morgan fingerprint density at radius 2 is 1.19 bits per heavy atom. The molecule has 0 aliphatic heterocycles. The van der Waals surface area contributed by atoms with Crippen molar-refractivity contribution in [2.24, 2.45) is 0 Å². The predicted molar refractivity (Wildman–Crippen MR) is 114 cm³/mol. The molecule has 0 fully saturated rings. The van der Waals surface area contributed by atoms with E-state index in [4.69, 9.17) is 0 Å². The molecule has 0 unspecified atom stereocenters. The molecule has 26 heavy (non-hydrogen) atoms. The van der Waals surface area contributed by atoms with Gasteiger partial charge in [0.05, 0.1) is 0 Å². The minimum atomic E-state index is 1.03. The van der Waals surface area contributed by atoms with E-state index in [1.165, 1.54) is 62.6 Å². The molecule has 0 saturated carbocycles. The molecule has 0 aliphatic rings. The number of rotatable bonds is 13. The molecule has 1 nitrogen and oxygen atoms in total. The Morgan fingerprint density at radius 1 is 0.654 bits per heavy atom. The van der Waals surface area contributed by atoms with Gasteiger partial charge < -0.3 is 0 Å². The van der Waals surface area contributed by atoms with Crippen molar-refractivity contribution in [1.29, 1.82) is 0 Å². The molecule has 0 atom stereocenters. The lowest BCUT2D eigenvalue weighted by Gasteiger charge is -2.22. The van der Waals surface area contributed by atoms with Gasteiger partial charge in [-0.3, -0.25) is 4.90 Å². The normalized spacial score (nSPS) is 11.5. The van der Waals surface area contributed by atoms with Crippen LogP contribution >= 0.6 is 0 Å². The van der Waals surface area contributed by atoms with Gasteiger partial charge in [0.25, 0.3) is 0 Å². The topological polar surface area (TPSA) is 3.24 Å². The molecule has 2 rings (SSSR count). The molecule has 2 aromatic rings. The summed E-state index contributed by atoms with van der Waals surface area (Å²) < 4.78 is 0. The van der Waals surface area contributed by atoms with Gasteiger partial charge in [-0.15, -0.1) is 0 Å². The first kappa shape index (κ1) is 20.5. The molecule has 0 spiro atoms. The second-order valence-corrected chi connectivity index (χ2v) is 7.14. The van der Waals surface area contributed by atoms with Crippen LogP contribution in [0, 0.1) is 0 Å². The zero-order valence-corrected chi connectivity index (χ0v) is 16.4. The highest BCUT2D eigenvalue weighted by molar-refractivity contribution is 5.17. The van der Waals surface area contributed by atoms with Crippen LogP contribution in [0.2, 0.25) is 0 Å². The first-order chi connectivity index (χ1) is 12.9. The monoisotopic (exact) mass is 349 g/mol. The Balaban J connectivity index is 1.74. The Kier molecular flexibility index (Phi) is 10.5. The summed E-state index contributed by atoms with van der Waals surface area (Å²) in [5.41, 5.74) is 2.81. The van der Waals surface area contributed by atoms with E-state index in [9.17, 15) is 0 Å². The summed E-state index contributed by atoms with van der Waals surface area (Å²) in [6.07, 6.45) is 13.8. The zero-order chi connectivity index (χ0) is 18.3. The molecule has 2 aromatic carbocycles. The molecule has 0 aromatic heterocycles. The Bertz CT molecular complexity index is 547. The van der Waals surface area contributed by atoms with Gasteiger partial charge in [-0.25, -0.2) is 0 Å². The van der Waals surface area contributed by atoms with Crippen LogP contribution < -0.4 is 0 Å². The number of hydrogen-bond donors (Lipinski definition) is 0. The van der Waals surface area contributed by atoms with E-state index >= 15 is 0 Å². The first-order valence-electron chi connectivity index (χ1n) is 10.3. The van der Waals surface area contributed by atoms with E-state index in [1.807, 2.05) is 0 Å². The molecule has 0 heterocycles. The van der Waals surface area contributed by atoms with Crippen molar-refractivity contribution in [3.05, 3.63) is 83.9 Å². The maximum Gasteiger partial charge on any atom is 0.0237 e. The maximum atomic E-state index is 2.59. The van der Waals surface area contributed by atoms with E-state index in [2.05, 4.69) is 84.6 Å². The van der Waals surface area contributed by atoms with Gasteiger partial charge in [-0.05, 0) is 43.4 Å². The molecule has 0 aliphatic carbocycles. The summed E-state index contributed by atoms with van der Waals surface area (Å²) in [5, 5.41) is 0. The second-order valence-electron chi connectivity index (χ2n) is 7.14. The van der Waals surface area contributed by atoms with Crippen LogP contribution in [0.25, 0.3) is 0 Å². The molecular formula is C25H35N. The lowest BCUT2D eigenvalue weighted by Crippen LogP contribution is -2.24. The van der Waals surface area contributed by atoms with Crippen LogP contribution in [-0.4, -0.2) is 11.4 Å². The van der Waals surface area contributed by atoms with Crippen molar-refractivity contribution in [1.82, 2.24) is 4.90 Å². The molecule has 0 saturated heterocycles. The second kappa shape index (κ2) is 13.4. The van der Waals surface area contributed by atoms with Crippen molar-refractivity contribution in [2.45, 2.75) is 65.0 Å². The van der Waals surface area contributed by atoms with E-state index in [1.54, 1.807) is 0 Å². The quantitative estimate of drug-likeness (QED) is 0.278. The molecule has 0 N–H and O–H groups in total. The van der Waals surface area contributed by atoms with Crippen LogP contribution in [0.1, 0.15) is 63.0 Å². The standard InChI is InChI=1S/C25H35N/c1-2-3-4-5-6-7-8-9-16-21-26(22-24-17-12-10-13-18-24)23-25-19-14-11-15-20-25/h5-6,10-15,17-20H,2-4,7-9,16,21-23H2,1H3/b6-5+. The summed E-state index contributed by atoms with van der Waals surface area (Å²) in [7, 11) is 0. The van der Waals surface area contributed by atoms with Crippen molar-refractivity contribution >= 4 is 0 Å². The van der Waals surface area contributed by atoms with E-state index in [-0.39, 0.29) is 0 Å². The Morgan fingerprint density at radius 3 is 1.73 bits per heavy atom. The number of hydrogen-bond acceptors (Lipinski definition) is 1. The van der Waals surface area contributed by atoms with Gasteiger partial charge in [-0.2, -0.15) is 0 Å². The third kappa shape index (κ3) is 9.01. The third-order valence-electron chi connectivity index (χ3n) is 4.73. The van der Waals surface area contributed by atoms with Gasteiger partial charge in [0.2, 0.25) is 0 Å². The first-order valence-corrected chi connectivity index (χ1v) is 10.3. The summed E-state index contributed by atoms with van der Waals surface area (Å²) >= 11 is 0. The fraction of sp³-hybridized carbons (Fsp3) is 0.440. The summed E-state index contributed by atoms with van der Waals surface area (Å²) in [6.45, 7) is 5.49. The van der Waals surface area contributed by atoms with Crippen molar-refractivity contribution in [3.63, 3.8) is 0 Å². The van der Waals surface area contributed by atoms with Crippen molar-refractivity contribution < 1.29 is 0 Å². The zero-order valence-electron chi connectivity index (χ0n) is 16.4. The molecule has 0 bridgehead atoms. The average Bonchev–Trinajstić information content (AvgIpc) is 2.68. The fourth-order valence-corrected chi connectivity index (χ4v) is 3.23. The van der Waals surface area contributed by atoms with Gasteiger partial charge in [0.1, 0.15) is 0 Å². The van der Waals surface area contributed by atoms with Crippen molar-refractivity contribution in [2.75, 3.05) is 6.54 Å². The predicted octanol–water partition coefficient (Wildman–Crippen LogP) is 7.00. The molecule has 0 amide bonds. The van der Waals surface area contributed by atoms with E-state index < -0.39 is 0 Å². The average molecular weight is 350 g/mol. The lowest BCUT2D eigenvalue weighted by atomic mass is 10.1. The molecule has 1 heteroatoms. The largest absolute Gasteiger partial charge is 0.295 e. The molecular weight excluding hydrogens is 314 g/mol. The minimum Gasteiger partial charge on any atom is -0.295 e. The SMILES string of the molecule is CCCC/C=C/CCCCCN(Cc1ccccc1)Cc1ccccc1. The minimum absolute atomic E-state index is 1.03. The van der Waals surface area contributed by atoms with Crippen LogP contribution in [0.5, 0.6) is 0 Å². The highest BCUT2D eigenvalue weighted by Crippen LogP contribution is 2.12. The number of allylic oxidation sites excluding steroid dienone is 2. The lowest BCUT2D eigenvalue weighted by molar-refractivity contribution is 0.250. The maximum absolute atomic E-state index is 2.59. The number of benzene rings is 2. The van der Waals surface area contributed by atoms with Gasteiger partial charge >= 0.3 is 0 Å². The molecule has 0 radical (unpaired) electrons. The number of unbranched alkanes of at least 4 members (excludes halogenated alkanes) is 5. The van der Waals surface area contributed by atoms with Gasteiger partial charge in [0.15, 0.2) is 0 Å². The highest BCUT2D eigenvalue weighted by atomic mass is 15.1. The smallest absolute Gasteiger partial charge is 0.0237 e. The Labute approximate surface area is 160 Å². The van der Waals surface area contributed by atoms with Crippen LogP contribution in [0.4, 0.5) is 0 Å². The Hall–Kier alpha value is -1.86. The van der Waals surface area contributed by atoms with Gasteiger partial charge in [0, 0.05) is 13.1 Å². The summed E-state index contributed by atoms with van der Waals surface area (Å²) in [6, 6.07) is 21.7. The van der Waals surface area contributed by atoms with Crippen LogP contribution in [0.15, 0.2) is 72.8 Å². The van der Waals surface area contributed by atoms with Crippen molar-refractivity contribution in [3.8, 4) is 0 Å².